The van der Waals surface area contributed by atoms with Crippen LogP contribution in [0.25, 0.3) is 32.2 Å². The SMILES string of the molecule is Fc1ccc(Nc2ncnc3oc(-c4cccs4)c(-c4cccs4)c23)cc1Cl. The maximum atomic E-state index is 13.5. The maximum absolute atomic E-state index is 13.5. The van der Waals surface area contributed by atoms with E-state index in [1.165, 1.54) is 18.5 Å². The number of thiophene rings is 2. The first kappa shape index (κ1) is 17.4. The molecule has 28 heavy (non-hydrogen) atoms. The van der Waals surface area contributed by atoms with Gasteiger partial charge >= 0.3 is 0 Å². The Labute approximate surface area is 172 Å². The van der Waals surface area contributed by atoms with Gasteiger partial charge in [0, 0.05) is 10.6 Å². The number of benzene rings is 1. The van der Waals surface area contributed by atoms with Crippen LogP contribution in [0.15, 0.2) is 64.0 Å². The standard InChI is InChI=1S/C20H11ClFN3OS2/c21-12-9-11(5-6-13(12)22)25-19-17-16(14-3-1-7-27-14)18(15-4-2-8-28-15)26-20(17)24-10-23-19/h1-10H,(H,23,24,25). The van der Waals surface area contributed by atoms with Gasteiger partial charge in [-0.15, -0.1) is 22.7 Å². The molecule has 1 aromatic carbocycles. The molecule has 0 saturated carbocycles. The summed E-state index contributed by atoms with van der Waals surface area (Å²) < 4.78 is 19.6. The summed E-state index contributed by atoms with van der Waals surface area (Å²) in [6.45, 7) is 0. The number of nitrogens with zero attached hydrogens (tertiary/aromatic N) is 2. The third-order valence-corrected chi connectivity index (χ3v) is 6.23. The summed E-state index contributed by atoms with van der Waals surface area (Å²) in [5.41, 5.74) is 2.05. The average Bonchev–Trinajstić information content (AvgIpc) is 3.44. The fourth-order valence-electron chi connectivity index (χ4n) is 2.98. The average molecular weight is 428 g/mol. The normalized spacial score (nSPS) is 11.2. The van der Waals surface area contributed by atoms with Crippen LogP contribution in [0.1, 0.15) is 0 Å². The lowest BCUT2D eigenvalue weighted by atomic mass is 10.1. The summed E-state index contributed by atoms with van der Waals surface area (Å²) in [6.07, 6.45) is 1.44. The monoisotopic (exact) mass is 427 g/mol. The molecular formula is C20H11ClFN3OS2. The van der Waals surface area contributed by atoms with Crippen molar-refractivity contribution in [2.45, 2.75) is 0 Å². The summed E-state index contributed by atoms with van der Waals surface area (Å²) in [6, 6.07) is 12.5. The van der Waals surface area contributed by atoms with E-state index in [0.717, 1.165) is 26.5 Å². The highest BCUT2D eigenvalue weighted by Gasteiger charge is 2.23. The lowest BCUT2D eigenvalue weighted by Crippen LogP contribution is -1.96. The number of aromatic nitrogens is 2. The molecular weight excluding hydrogens is 417 g/mol. The van der Waals surface area contributed by atoms with E-state index in [9.17, 15) is 4.39 Å². The molecule has 0 aliphatic heterocycles. The number of nitrogens with one attached hydrogen (secondary N) is 1. The van der Waals surface area contributed by atoms with E-state index in [-0.39, 0.29) is 5.02 Å². The Balaban J connectivity index is 1.73. The maximum Gasteiger partial charge on any atom is 0.232 e. The summed E-state index contributed by atoms with van der Waals surface area (Å²) in [5.74, 6) is 0.860. The van der Waals surface area contributed by atoms with Crippen molar-refractivity contribution in [3.63, 3.8) is 0 Å². The Bertz CT molecular complexity index is 1270. The van der Waals surface area contributed by atoms with Gasteiger partial charge in [0.1, 0.15) is 18.0 Å². The molecule has 4 heterocycles. The van der Waals surface area contributed by atoms with Gasteiger partial charge in [-0.25, -0.2) is 14.4 Å². The van der Waals surface area contributed by atoms with Crippen LogP contribution >= 0.6 is 34.3 Å². The van der Waals surface area contributed by atoms with Gasteiger partial charge in [-0.3, -0.25) is 0 Å². The number of furan rings is 1. The van der Waals surface area contributed by atoms with E-state index in [4.69, 9.17) is 16.0 Å². The minimum Gasteiger partial charge on any atom is -0.436 e. The summed E-state index contributed by atoms with van der Waals surface area (Å²) in [7, 11) is 0. The molecule has 5 aromatic rings. The number of halogens is 2. The Morgan fingerprint density at radius 3 is 2.50 bits per heavy atom. The van der Waals surface area contributed by atoms with E-state index < -0.39 is 5.82 Å². The second-order valence-corrected chi connectivity index (χ2v) is 8.22. The van der Waals surface area contributed by atoms with Crippen LogP contribution in [-0.4, -0.2) is 9.97 Å². The number of anilines is 2. The summed E-state index contributed by atoms with van der Waals surface area (Å²) in [4.78, 5) is 10.8. The van der Waals surface area contributed by atoms with Crippen molar-refractivity contribution in [2.75, 3.05) is 5.32 Å². The predicted molar refractivity (Wildman–Crippen MR) is 113 cm³/mol. The zero-order chi connectivity index (χ0) is 19.1. The third-order valence-electron chi connectivity index (χ3n) is 4.18. The molecule has 4 nitrogen and oxygen atoms in total. The van der Waals surface area contributed by atoms with Gasteiger partial charge in [0.05, 0.1) is 20.8 Å². The molecule has 5 rings (SSSR count). The van der Waals surface area contributed by atoms with Gasteiger partial charge in [-0.2, -0.15) is 0 Å². The van der Waals surface area contributed by atoms with Crippen LogP contribution < -0.4 is 5.32 Å². The van der Waals surface area contributed by atoms with Crippen LogP contribution in [0, 0.1) is 5.82 Å². The first-order valence-corrected chi connectivity index (χ1v) is 10.4. The van der Waals surface area contributed by atoms with Gasteiger partial charge in [-0.1, -0.05) is 23.7 Å². The molecule has 138 valence electrons. The van der Waals surface area contributed by atoms with Crippen molar-refractivity contribution in [2.24, 2.45) is 0 Å². The molecule has 8 heteroatoms. The Hall–Kier alpha value is -2.74. The lowest BCUT2D eigenvalue weighted by molar-refractivity contribution is 0.620. The van der Waals surface area contributed by atoms with Crippen molar-refractivity contribution in [3.8, 4) is 21.1 Å². The summed E-state index contributed by atoms with van der Waals surface area (Å²) in [5, 5.41) is 8.06. The quantitative estimate of drug-likeness (QED) is 0.329. The topological polar surface area (TPSA) is 51.0 Å². The molecule has 0 amide bonds. The number of hydrogen-bond donors (Lipinski definition) is 1. The van der Waals surface area contributed by atoms with Crippen LogP contribution in [0.2, 0.25) is 5.02 Å². The Morgan fingerprint density at radius 1 is 1.00 bits per heavy atom. The van der Waals surface area contributed by atoms with Gasteiger partial charge < -0.3 is 9.73 Å². The Kier molecular flexibility index (Phi) is 4.35. The molecule has 0 atom stereocenters. The fraction of sp³-hybridized carbons (Fsp3) is 0. The fourth-order valence-corrected chi connectivity index (χ4v) is 4.64. The number of rotatable bonds is 4. The number of fused-ring (bicyclic) bond motifs is 1. The van der Waals surface area contributed by atoms with Gasteiger partial charge in [0.25, 0.3) is 0 Å². The van der Waals surface area contributed by atoms with Crippen molar-refractivity contribution in [1.82, 2.24) is 9.97 Å². The van der Waals surface area contributed by atoms with E-state index in [0.29, 0.717) is 17.2 Å². The van der Waals surface area contributed by atoms with E-state index >= 15 is 0 Å². The van der Waals surface area contributed by atoms with Gasteiger partial charge in [0.2, 0.25) is 5.71 Å². The van der Waals surface area contributed by atoms with Crippen molar-refractivity contribution >= 4 is 56.9 Å². The first-order valence-electron chi connectivity index (χ1n) is 8.28. The molecule has 0 bridgehead atoms. The molecule has 0 radical (unpaired) electrons. The van der Waals surface area contributed by atoms with Gasteiger partial charge in [-0.05, 0) is 41.1 Å². The van der Waals surface area contributed by atoms with Crippen LogP contribution in [-0.2, 0) is 0 Å². The molecule has 1 N–H and O–H groups in total. The molecule has 4 aromatic heterocycles. The largest absolute Gasteiger partial charge is 0.436 e. The smallest absolute Gasteiger partial charge is 0.232 e. The third kappa shape index (κ3) is 2.97. The molecule has 0 aliphatic rings. The molecule has 0 spiro atoms. The van der Waals surface area contributed by atoms with Crippen molar-refractivity contribution in [1.29, 1.82) is 0 Å². The molecule has 0 fully saturated rings. The van der Waals surface area contributed by atoms with E-state index in [1.54, 1.807) is 28.7 Å². The zero-order valence-corrected chi connectivity index (χ0v) is 16.5. The highest BCUT2D eigenvalue weighted by atomic mass is 35.5. The second kappa shape index (κ2) is 7.01. The zero-order valence-electron chi connectivity index (χ0n) is 14.1. The van der Waals surface area contributed by atoms with Crippen LogP contribution in [0.3, 0.4) is 0 Å². The minimum atomic E-state index is -0.470. The second-order valence-electron chi connectivity index (χ2n) is 5.92. The van der Waals surface area contributed by atoms with Crippen molar-refractivity contribution in [3.05, 3.63) is 70.4 Å². The van der Waals surface area contributed by atoms with Crippen molar-refractivity contribution < 1.29 is 8.81 Å². The minimum absolute atomic E-state index is 0.0419. The predicted octanol–water partition coefficient (Wildman–Crippen LogP) is 7.22. The van der Waals surface area contributed by atoms with E-state index in [2.05, 4.69) is 15.3 Å². The molecule has 0 unspecified atom stereocenters. The summed E-state index contributed by atoms with van der Waals surface area (Å²) >= 11 is 9.14. The molecule has 0 aliphatic carbocycles. The number of hydrogen-bond acceptors (Lipinski definition) is 6. The van der Waals surface area contributed by atoms with E-state index in [1.807, 2.05) is 35.0 Å². The van der Waals surface area contributed by atoms with Crippen LogP contribution in [0.4, 0.5) is 15.9 Å². The highest BCUT2D eigenvalue weighted by Crippen LogP contribution is 2.45. The first-order chi connectivity index (χ1) is 13.7. The lowest BCUT2D eigenvalue weighted by Gasteiger charge is -2.08. The van der Waals surface area contributed by atoms with Crippen LogP contribution in [0.5, 0.6) is 0 Å². The molecule has 0 saturated heterocycles. The Morgan fingerprint density at radius 2 is 1.79 bits per heavy atom. The highest BCUT2D eigenvalue weighted by molar-refractivity contribution is 7.14. The van der Waals surface area contributed by atoms with Gasteiger partial charge in [0.15, 0.2) is 5.76 Å².